The van der Waals surface area contributed by atoms with Gasteiger partial charge in [0.25, 0.3) is 0 Å². The molecule has 0 saturated carbocycles. The number of benzene rings is 1. The molecule has 1 N–H and O–H groups in total. The lowest BCUT2D eigenvalue weighted by atomic mass is 10.0. The molecule has 1 saturated heterocycles. The Morgan fingerprint density at radius 3 is 2.52 bits per heavy atom. The van der Waals surface area contributed by atoms with E-state index in [0.717, 1.165) is 5.56 Å². The Labute approximate surface area is 127 Å². The number of ether oxygens (including phenoxy) is 1. The van der Waals surface area contributed by atoms with Crippen LogP contribution in [0, 0.1) is 12.8 Å². The van der Waals surface area contributed by atoms with E-state index in [2.05, 4.69) is 38.2 Å². The SMILES string of the molecule is COCC(C)N1C(=O)C(C(C)C)NC1c1ccccc1C. The van der Waals surface area contributed by atoms with Gasteiger partial charge in [-0.3, -0.25) is 10.1 Å². The average molecular weight is 290 g/mol. The topological polar surface area (TPSA) is 41.6 Å². The van der Waals surface area contributed by atoms with Crippen molar-refractivity contribution >= 4 is 5.91 Å². The number of carbonyl (C=O) groups is 1. The maximum absolute atomic E-state index is 12.8. The van der Waals surface area contributed by atoms with Crippen LogP contribution < -0.4 is 5.32 Å². The summed E-state index contributed by atoms with van der Waals surface area (Å²) < 4.78 is 5.25. The van der Waals surface area contributed by atoms with Gasteiger partial charge in [-0.2, -0.15) is 0 Å². The molecule has 116 valence electrons. The van der Waals surface area contributed by atoms with Crippen molar-refractivity contribution in [3.05, 3.63) is 35.4 Å². The van der Waals surface area contributed by atoms with Crippen LogP contribution in [-0.4, -0.2) is 36.6 Å². The van der Waals surface area contributed by atoms with Crippen LogP contribution in [0.4, 0.5) is 0 Å². The van der Waals surface area contributed by atoms with Crippen LogP contribution in [0.3, 0.4) is 0 Å². The lowest BCUT2D eigenvalue weighted by molar-refractivity contribution is -0.133. The van der Waals surface area contributed by atoms with E-state index < -0.39 is 0 Å². The van der Waals surface area contributed by atoms with E-state index in [1.807, 2.05) is 24.0 Å². The van der Waals surface area contributed by atoms with Crippen LogP contribution in [0.15, 0.2) is 24.3 Å². The monoisotopic (exact) mass is 290 g/mol. The molecule has 2 rings (SSSR count). The molecule has 1 aliphatic heterocycles. The molecule has 3 atom stereocenters. The molecule has 1 aromatic carbocycles. The van der Waals surface area contributed by atoms with Crippen LogP contribution in [0.1, 0.15) is 38.1 Å². The highest BCUT2D eigenvalue weighted by atomic mass is 16.5. The number of hydrogen-bond donors (Lipinski definition) is 1. The number of aryl methyl sites for hydroxylation is 1. The molecule has 4 nitrogen and oxygen atoms in total. The van der Waals surface area contributed by atoms with Gasteiger partial charge in [-0.05, 0) is 30.9 Å². The summed E-state index contributed by atoms with van der Waals surface area (Å²) >= 11 is 0. The molecule has 3 unspecified atom stereocenters. The Bertz CT molecular complexity index is 501. The Morgan fingerprint density at radius 2 is 1.95 bits per heavy atom. The Balaban J connectivity index is 2.37. The maximum atomic E-state index is 12.8. The predicted molar refractivity (Wildman–Crippen MR) is 83.9 cm³/mol. The summed E-state index contributed by atoms with van der Waals surface area (Å²) in [7, 11) is 1.67. The van der Waals surface area contributed by atoms with Gasteiger partial charge in [0.1, 0.15) is 6.17 Å². The number of methoxy groups -OCH3 is 1. The van der Waals surface area contributed by atoms with Gasteiger partial charge in [0.05, 0.1) is 18.7 Å². The van der Waals surface area contributed by atoms with Gasteiger partial charge in [-0.1, -0.05) is 38.1 Å². The number of carbonyl (C=O) groups excluding carboxylic acids is 1. The number of nitrogens with zero attached hydrogens (tertiary/aromatic N) is 1. The number of rotatable bonds is 5. The first-order valence-corrected chi connectivity index (χ1v) is 7.60. The fourth-order valence-electron chi connectivity index (χ4n) is 3.01. The summed E-state index contributed by atoms with van der Waals surface area (Å²) in [4.78, 5) is 14.7. The molecule has 0 spiro atoms. The minimum absolute atomic E-state index is 0.0448. The molecule has 4 heteroatoms. The summed E-state index contributed by atoms with van der Waals surface area (Å²) in [6, 6.07) is 8.14. The van der Waals surface area contributed by atoms with Crippen molar-refractivity contribution in [3.63, 3.8) is 0 Å². The lowest BCUT2D eigenvalue weighted by Crippen LogP contribution is -2.41. The van der Waals surface area contributed by atoms with Crippen LogP contribution in [-0.2, 0) is 9.53 Å². The first-order chi connectivity index (χ1) is 9.97. The summed E-state index contributed by atoms with van der Waals surface area (Å²) in [5.74, 6) is 0.437. The van der Waals surface area contributed by atoms with Crippen molar-refractivity contribution in [3.8, 4) is 0 Å². The Kier molecular flexibility index (Phi) is 5.01. The molecule has 0 aliphatic carbocycles. The third-order valence-corrected chi connectivity index (χ3v) is 4.17. The van der Waals surface area contributed by atoms with Crippen molar-refractivity contribution in [2.24, 2.45) is 5.92 Å². The van der Waals surface area contributed by atoms with Gasteiger partial charge in [0.2, 0.25) is 5.91 Å². The Morgan fingerprint density at radius 1 is 1.29 bits per heavy atom. The summed E-state index contributed by atoms with van der Waals surface area (Å²) in [5, 5.41) is 3.51. The van der Waals surface area contributed by atoms with Crippen molar-refractivity contribution in [2.75, 3.05) is 13.7 Å². The van der Waals surface area contributed by atoms with Crippen LogP contribution in [0.5, 0.6) is 0 Å². The fourth-order valence-corrected chi connectivity index (χ4v) is 3.01. The van der Waals surface area contributed by atoms with Crippen molar-refractivity contribution in [1.29, 1.82) is 0 Å². The number of hydrogen-bond acceptors (Lipinski definition) is 3. The normalized spacial score (nSPS) is 23.9. The molecule has 0 bridgehead atoms. The van der Waals surface area contributed by atoms with Crippen LogP contribution in [0.25, 0.3) is 0 Å². The molecule has 0 radical (unpaired) electrons. The third kappa shape index (κ3) is 3.11. The van der Waals surface area contributed by atoms with E-state index in [9.17, 15) is 4.79 Å². The zero-order valence-corrected chi connectivity index (χ0v) is 13.6. The van der Waals surface area contributed by atoms with E-state index in [0.29, 0.717) is 6.61 Å². The highest BCUT2D eigenvalue weighted by Crippen LogP contribution is 2.31. The van der Waals surface area contributed by atoms with E-state index in [1.54, 1.807) is 7.11 Å². The Hall–Kier alpha value is -1.39. The molecular formula is C17H26N2O2. The summed E-state index contributed by atoms with van der Waals surface area (Å²) in [6.45, 7) is 8.82. The van der Waals surface area contributed by atoms with E-state index in [1.165, 1.54) is 5.56 Å². The van der Waals surface area contributed by atoms with Gasteiger partial charge in [0, 0.05) is 7.11 Å². The highest BCUT2D eigenvalue weighted by molar-refractivity contribution is 5.85. The second kappa shape index (κ2) is 6.58. The van der Waals surface area contributed by atoms with E-state index in [-0.39, 0.29) is 30.1 Å². The first kappa shape index (κ1) is 16.0. The van der Waals surface area contributed by atoms with Gasteiger partial charge >= 0.3 is 0 Å². The molecule has 0 aromatic heterocycles. The standard InChI is InChI=1S/C17H26N2O2/c1-11(2)15-17(20)19(13(4)10-21-5)16(18-15)14-9-7-6-8-12(14)3/h6-9,11,13,15-16,18H,10H2,1-5H3. The third-order valence-electron chi connectivity index (χ3n) is 4.17. The zero-order chi connectivity index (χ0) is 15.6. The molecule has 1 amide bonds. The van der Waals surface area contributed by atoms with Crippen molar-refractivity contribution in [2.45, 2.75) is 45.9 Å². The second-order valence-electron chi connectivity index (χ2n) is 6.20. The maximum Gasteiger partial charge on any atom is 0.241 e. The second-order valence-corrected chi connectivity index (χ2v) is 6.20. The summed E-state index contributed by atoms with van der Waals surface area (Å²) in [6.07, 6.45) is -0.0729. The van der Waals surface area contributed by atoms with Crippen LogP contribution in [0.2, 0.25) is 0 Å². The fraction of sp³-hybridized carbons (Fsp3) is 0.588. The molecule has 1 aromatic rings. The quantitative estimate of drug-likeness (QED) is 0.906. The average Bonchev–Trinajstić information content (AvgIpc) is 2.77. The molecule has 1 aliphatic rings. The minimum Gasteiger partial charge on any atom is -0.383 e. The molecule has 1 fully saturated rings. The predicted octanol–water partition coefficient (Wildman–Crippen LogP) is 2.48. The van der Waals surface area contributed by atoms with Crippen molar-refractivity contribution in [1.82, 2.24) is 10.2 Å². The largest absolute Gasteiger partial charge is 0.383 e. The smallest absolute Gasteiger partial charge is 0.241 e. The van der Waals surface area contributed by atoms with E-state index >= 15 is 0 Å². The van der Waals surface area contributed by atoms with Crippen LogP contribution >= 0.6 is 0 Å². The lowest BCUT2D eigenvalue weighted by Gasteiger charge is -2.31. The number of amides is 1. The van der Waals surface area contributed by atoms with Gasteiger partial charge in [-0.15, -0.1) is 0 Å². The van der Waals surface area contributed by atoms with Gasteiger partial charge < -0.3 is 9.64 Å². The number of nitrogens with one attached hydrogen (secondary N) is 1. The van der Waals surface area contributed by atoms with Gasteiger partial charge in [0.15, 0.2) is 0 Å². The minimum atomic E-state index is -0.131. The molecular weight excluding hydrogens is 264 g/mol. The molecule has 21 heavy (non-hydrogen) atoms. The van der Waals surface area contributed by atoms with Crippen molar-refractivity contribution < 1.29 is 9.53 Å². The zero-order valence-electron chi connectivity index (χ0n) is 13.6. The van der Waals surface area contributed by atoms with Gasteiger partial charge in [-0.25, -0.2) is 0 Å². The highest BCUT2D eigenvalue weighted by Gasteiger charge is 2.43. The first-order valence-electron chi connectivity index (χ1n) is 7.60. The van der Waals surface area contributed by atoms with E-state index in [4.69, 9.17) is 4.74 Å². The summed E-state index contributed by atoms with van der Waals surface area (Å²) in [5.41, 5.74) is 2.36. The molecule has 1 heterocycles.